The van der Waals surface area contributed by atoms with Crippen LogP contribution in [0.2, 0.25) is 0 Å². The van der Waals surface area contributed by atoms with E-state index in [0.717, 1.165) is 0 Å². The second kappa shape index (κ2) is 5.37. The Kier molecular flexibility index (Phi) is 4.28. The second-order valence-electron chi connectivity index (χ2n) is 3.35. The molecule has 0 atom stereocenters. The van der Waals surface area contributed by atoms with E-state index < -0.39 is 41.0 Å². The lowest BCUT2D eigenvalue weighted by Crippen LogP contribution is -2.24. The number of alkyl halides is 5. The molecule has 4 nitrogen and oxygen atoms in total. The van der Waals surface area contributed by atoms with Crippen LogP contribution >= 0.6 is 0 Å². The van der Waals surface area contributed by atoms with Crippen LogP contribution in [-0.4, -0.2) is 17.6 Å². The molecule has 1 rings (SSSR count). The maximum atomic E-state index is 12.7. The molecule has 0 spiro atoms. The molecule has 9 heteroatoms. The summed E-state index contributed by atoms with van der Waals surface area (Å²) in [7, 11) is 0. The number of nitrogens with one attached hydrogen (secondary N) is 1. The van der Waals surface area contributed by atoms with Crippen LogP contribution in [0.15, 0.2) is 10.9 Å². The molecule has 1 heterocycles. The lowest BCUT2D eigenvalue weighted by atomic mass is 10.1. The number of hydrogen-bond acceptors (Lipinski definition) is 3. The largest absolute Gasteiger partial charge is 0.462 e. The van der Waals surface area contributed by atoms with Crippen LogP contribution in [0.1, 0.15) is 35.0 Å². The highest BCUT2D eigenvalue weighted by atomic mass is 19.4. The monoisotopic (exact) mass is 285 g/mol. The molecule has 0 saturated heterocycles. The average molecular weight is 285 g/mol. The third-order valence-electron chi connectivity index (χ3n) is 2.07. The first-order valence-corrected chi connectivity index (χ1v) is 4.98. The zero-order valence-corrected chi connectivity index (χ0v) is 9.48. The van der Waals surface area contributed by atoms with Crippen LogP contribution in [-0.2, 0) is 10.9 Å². The summed E-state index contributed by atoms with van der Waals surface area (Å²) in [5.74, 6) is -1.48. The zero-order valence-electron chi connectivity index (χ0n) is 9.48. The van der Waals surface area contributed by atoms with Crippen molar-refractivity contribution < 1.29 is 31.5 Å². The Hall–Kier alpha value is -1.93. The maximum Gasteiger partial charge on any atom is 0.419 e. The van der Waals surface area contributed by atoms with Gasteiger partial charge in [0, 0.05) is 6.07 Å². The van der Waals surface area contributed by atoms with Gasteiger partial charge in [0.15, 0.2) is 0 Å². The van der Waals surface area contributed by atoms with Gasteiger partial charge in [-0.25, -0.2) is 13.6 Å². The van der Waals surface area contributed by atoms with Crippen LogP contribution in [0.3, 0.4) is 0 Å². The standard InChI is InChI=1S/C10H8F5NO3/c1-2-19-9(18)4-3-5(17)16-7(8(11)12)6(4)10(13,14)15/h3,8H,2H2,1H3,(H,16,17). The summed E-state index contributed by atoms with van der Waals surface area (Å²) in [5.41, 5.74) is -6.01. The topological polar surface area (TPSA) is 59.2 Å². The Bertz CT molecular complexity index is 535. The molecule has 0 saturated carbocycles. The minimum absolute atomic E-state index is 0.257. The molecule has 0 aliphatic heterocycles. The first-order chi connectivity index (χ1) is 8.68. The van der Waals surface area contributed by atoms with Crippen molar-refractivity contribution in [3.8, 4) is 0 Å². The van der Waals surface area contributed by atoms with Crippen molar-refractivity contribution in [2.45, 2.75) is 19.5 Å². The van der Waals surface area contributed by atoms with Gasteiger partial charge in [0.2, 0.25) is 5.56 Å². The first kappa shape index (κ1) is 15.1. The van der Waals surface area contributed by atoms with Gasteiger partial charge in [-0.1, -0.05) is 0 Å². The van der Waals surface area contributed by atoms with E-state index in [4.69, 9.17) is 0 Å². The number of carbonyl (C=O) groups excluding carboxylic acids is 1. The van der Waals surface area contributed by atoms with Crippen LogP contribution in [0, 0.1) is 0 Å². The SMILES string of the molecule is CCOC(=O)c1cc(=O)[nH]c(C(F)F)c1C(F)(F)F. The lowest BCUT2D eigenvalue weighted by molar-refractivity contribution is -0.140. The Morgan fingerprint density at radius 1 is 1.42 bits per heavy atom. The zero-order chi connectivity index (χ0) is 14.8. The molecule has 1 N–H and O–H groups in total. The van der Waals surface area contributed by atoms with E-state index in [1.807, 2.05) is 0 Å². The highest BCUT2D eigenvalue weighted by molar-refractivity contribution is 5.91. The number of esters is 1. The Morgan fingerprint density at radius 3 is 2.42 bits per heavy atom. The van der Waals surface area contributed by atoms with Gasteiger partial charge in [-0.2, -0.15) is 13.2 Å². The highest BCUT2D eigenvalue weighted by Crippen LogP contribution is 2.37. The maximum absolute atomic E-state index is 12.7. The van der Waals surface area contributed by atoms with E-state index in [-0.39, 0.29) is 12.7 Å². The second-order valence-corrected chi connectivity index (χ2v) is 3.35. The van der Waals surface area contributed by atoms with E-state index in [1.54, 1.807) is 0 Å². The number of carbonyl (C=O) groups is 1. The molecule has 0 aromatic carbocycles. The lowest BCUT2D eigenvalue weighted by Gasteiger charge is -2.15. The van der Waals surface area contributed by atoms with Gasteiger partial charge >= 0.3 is 12.1 Å². The van der Waals surface area contributed by atoms with Gasteiger partial charge in [0.25, 0.3) is 6.43 Å². The summed E-state index contributed by atoms with van der Waals surface area (Å²) in [4.78, 5) is 23.7. The van der Waals surface area contributed by atoms with Crippen LogP contribution in [0.25, 0.3) is 0 Å². The first-order valence-electron chi connectivity index (χ1n) is 4.98. The van der Waals surface area contributed by atoms with Crippen molar-refractivity contribution in [2.75, 3.05) is 6.61 Å². The molecule has 1 aromatic heterocycles. The Morgan fingerprint density at radius 2 is 2.00 bits per heavy atom. The van der Waals surface area contributed by atoms with Gasteiger partial charge in [-0.3, -0.25) is 4.79 Å². The molecule has 1 aromatic rings. The number of pyridine rings is 1. The Balaban J connectivity index is 3.61. The molecule has 0 bridgehead atoms. The summed E-state index contributed by atoms with van der Waals surface area (Å²) in [6.45, 7) is 1.07. The van der Waals surface area contributed by atoms with Crippen LogP contribution < -0.4 is 5.56 Å². The molecule has 0 amide bonds. The van der Waals surface area contributed by atoms with Gasteiger partial charge < -0.3 is 9.72 Å². The molecular weight excluding hydrogens is 277 g/mol. The number of halogens is 5. The van der Waals surface area contributed by atoms with Gasteiger partial charge in [0.05, 0.1) is 23.4 Å². The number of aromatic nitrogens is 1. The highest BCUT2D eigenvalue weighted by Gasteiger charge is 2.41. The predicted octanol–water partition coefficient (Wildman–Crippen LogP) is 2.51. The fourth-order valence-corrected chi connectivity index (χ4v) is 1.42. The molecule has 0 aliphatic rings. The molecule has 0 unspecified atom stereocenters. The number of ether oxygens (including phenoxy) is 1. The van der Waals surface area contributed by atoms with E-state index in [1.165, 1.54) is 11.9 Å². The summed E-state index contributed by atoms with van der Waals surface area (Å²) >= 11 is 0. The molecule has 106 valence electrons. The normalized spacial score (nSPS) is 11.7. The number of hydrogen-bond donors (Lipinski definition) is 1. The summed E-state index contributed by atoms with van der Waals surface area (Å²) in [6, 6.07) is 0.284. The molecule has 19 heavy (non-hydrogen) atoms. The van der Waals surface area contributed by atoms with E-state index >= 15 is 0 Å². The minimum Gasteiger partial charge on any atom is -0.462 e. The van der Waals surface area contributed by atoms with Crippen molar-refractivity contribution in [1.82, 2.24) is 4.98 Å². The van der Waals surface area contributed by atoms with Gasteiger partial charge in [-0.15, -0.1) is 0 Å². The average Bonchev–Trinajstić information content (AvgIpc) is 2.26. The number of rotatable bonds is 3. The molecule has 0 fully saturated rings. The van der Waals surface area contributed by atoms with Crippen molar-refractivity contribution in [3.05, 3.63) is 33.2 Å². The quantitative estimate of drug-likeness (QED) is 0.685. The van der Waals surface area contributed by atoms with Crippen LogP contribution in [0.4, 0.5) is 22.0 Å². The van der Waals surface area contributed by atoms with Gasteiger partial charge in [-0.05, 0) is 6.92 Å². The van der Waals surface area contributed by atoms with Crippen LogP contribution in [0.5, 0.6) is 0 Å². The molecule has 0 radical (unpaired) electrons. The van der Waals surface area contributed by atoms with E-state index in [0.29, 0.717) is 0 Å². The fourth-order valence-electron chi connectivity index (χ4n) is 1.42. The molecule has 0 aliphatic carbocycles. The third-order valence-corrected chi connectivity index (χ3v) is 2.07. The van der Waals surface area contributed by atoms with Crippen molar-refractivity contribution in [2.24, 2.45) is 0 Å². The summed E-state index contributed by atoms with van der Waals surface area (Å²) < 4.78 is 67.6. The molecular formula is C10H8F5NO3. The minimum atomic E-state index is -5.22. The Labute approximate surface area is 103 Å². The van der Waals surface area contributed by atoms with Crippen molar-refractivity contribution in [3.63, 3.8) is 0 Å². The van der Waals surface area contributed by atoms with Crippen molar-refractivity contribution >= 4 is 5.97 Å². The number of H-pyrrole nitrogens is 1. The smallest absolute Gasteiger partial charge is 0.419 e. The van der Waals surface area contributed by atoms with E-state index in [9.17, 15) is 31.5 Å². The summed E-state index contributed by atoms with van der Waals surface area (Å²) in [6.07, 6.45) is -8.81. The summed E-state index contributed by atoms with van der Waals surface area (Å²) in [5, 5.41) is 0. The van der Waals surface area contributed by atoms with Gasteiger partial charge in [0.1, 0.15) is 0 Å². The third kappa shape index (κ3) is 3.30. The fraction of sp³-hybridized carbons (Fsp3) is 0.400. The number of aromatic amines is 1. The van der Waals surface area contributed by atoms with E-state index in [2.05, 4.69) is 4.74 Å². The van der Waals surface area contributed by atoms with Crippen molar-refractivity contribution in [1.29, 1.82) is 0 Å². The predicted molar refractivity (Wildman–Crippen MR) is 53.0 cm³/mol.